The number of para-hydroxylation sites is 2. The molecule has 0 aliphatic carbocycles. The van der Waals surface area contributed by atoms with Crippen LogP contribution in [-0.4, -0.2) is 34.0 Å². The van der Waals surface area contributed by atoms with Gasteiger partial charge in [-0.3, -0.25) is 19.2 Å². The van der Waals surface area contributed by atoms with Gasteiger partial charge in [-0.25, -0.2) is 0 Å². The summed E-state index contributed by atoms with van der Waals surface area (Å²) in [5, 5.41) is 22.0. The summed E-state index contributed by atoms with van der Waals surface area (Å²) in [5.74, 6) is -3.14. The molecule has 0 atom stereocenters. The normalized spacial score (nSPS) is 9.82. The van der Waals surface area contributed by atoms with Crippen molar-refractivity contribution >= 4 is 35.1 Å². The molecule has 0 spiro atoms. The van der Waals surface area contributed by atoms with Crippen LogP contribution < -0.4 is 10.6 Å². The molecule has 0 heterocycles. The van der Waals surface area contributed by atoms with E-state index in [4.69, 9.17) is 10.2 Å². The summed E-state index contributed by atoms with van der Waals surface area (Å²) < 4.78 is 0. The quantitative estimate of drug-likeness (QED) is 0.572. The van der Waals surface area contributed by atoms with Gasteiger partial charge in [0.2, 0.25) is 11.8 Å². The first-order chi connectivity index (χ1) is 10.4. The molecule has 1 aromatic carbocycles. The van der Waals surface area contributed by atoms with Gasteiger partial charge in [0.15, 0.2) is 0 Å². The molecule has 0 radical (unpaired) electrons. The third kappa shape index (κ3) is 6.51. The number of aliphatic carboxylic acids is 2. The Morgan fingerprint density at radius 2 is 1.09 bits per heavy atom. The third-order valence-corrected chi connectivity index (χ3v) is 2.61. The SMILES string of the molecule is O=C(O)CCC(=O)Nc1ccccc1NC(=O)CCC(=O)O. The van der Waals surface area contributed by atoms with E-state index in [0.29, 0.717) is 11.4 Å². The highest BCUT2D eigenvalue weighted by Gasteiger charge is 2.11. The zero-order valence-electron chi connectivity index (χ0n) is 11.7. The van der Waals surface area contributed by atoms with Crippen molar-refractivity contribution in [3.63, 3.8) is 0 Å². The van der Waals surface area contributed by atoms with Crippen molar-refractivity contribution in [3.05, 3.63) is 24.3 Å². The summed E-state index contributed by atoms with van der Waals surface area (Å²) in [6.45, 7) is 0. The molecule has 8 heteroatoms. The average Bonchev–Trinajstić information content (AvgIpc) is 2.45. The number of benzene rings is 1. The summed E-state index contributed by atoms with van der Waals surface area (Å²) in [6.07, 6.45) is -0.953. The van der Waals surface area contributed by atoms with Gasteiger partial charge in [-0.2, -0.15) is 0 Å². The average molecular weight is 308 g/mol. The van der Waals surface area contributed by atoms with Crippen LogP contribution in [-0.2, 0) is 19.2 Å². The van der Waals surface area contributed by atoms with Crippen molar-refractivity contribution < 1.29 is 29.4 Å². The number of amides is 2. The first-order valence-corrected chi connectivity index (χ1v) is 6.51. The topological polar surface area (TPSA) is 133 Å². The number of hydrogen-bond acceptors (Lipinski definition) is 4. The minimum Gasteiger partial charge on any atom is -0.481 e. The number of hydrogen-bond donors (Lipinski definition) is 4. The van der Waals surface area contributed by atoms with Gasteiger partial charge >= 0.3 is 11.9 Å². The molecule has 4 N–H and O–H groups in total. The van der Waals surface area contributed by atoms with E-state index < -0.39 is 23.8 Å². The molecule has 0 saturated heterocycles. The minimum atomic E-state index is -1.08. The number of carbonyl (C=O) groups is 4. The molecule has 1 rings (SSSR count). The Balaban J connectivity index is 2.65. The molecule has 2 amide bonds. The lowest BCUT2D eigenvalue weighted by molar-refractivity contribution is -0.138. The van der Waals surface area contributed by atoms with E-state index in [-0.39, 0.29) is 25.7 Å². The van der Waals surface area contributed by atoms with E-state index in [0.717, 1.165) is 0 Å². The van der Waals surface area contributed by atoms with Crippen LogP contribution in [0.3, 0.4) is 0 Å². The highest BCUT2D eigenvalue weighted by atomic mass is 16.4. The summed E-state index contributed by atoms with van der Waals surface area (Å²) in [4.78, 5) is 44.0. The summed E-state index contributed by atoms with van der Waals surface area (Å²) in [5.41, 5.74) is 0.642. The van der Waals surface area contributed by atoms with Crippen molar-refractivity contribution in [1.82, 2.24) is 0 Å². The van der Waals surface area contributed by atoms with Crippen LogP contribution in [0.15, 0.2) is 24.3 Å². The van der Waals surface area contributed by atoms with Crippen molar-refractivity contribution in [3.8, 4) is 0 Å². The number of carbonyl (C=O) groups excluding carboxylic acids is 2. The molecule has 118 valence electrons. The second kappa shape index (κ2) is 8.40. The van der Waals surface area contributed by atoms with Crippen LogP contribution in [0.25, 0.3) is 0 Å². The number of anilines is 2. The fourth-order valence-electron chi connectivity index (χ4n) is 1.57. The highest BCUT2D eigenvalue weighted by molar-refractivity contribution is 6.00. The van der Waals surface area contributed by atoms with E-state index in [1.165, 1.54) is 0 Å². The van der Waals surface area contributed by atoms with Crippen molar-refractivity contribution in [2.24, 2.45) is 0 Å². The van der Waals surface area contributed by atoms with Gasteiger partial charge in [0.1, 0.15) is 0 Å². The Morgan fingerprint density at radius 1 is 0.727 bits per heavy atom. The number of carboxylic acid groups (broad SMARTS) is 2. The summed E-state index contributed by atoms with van der Waals surface area (Å²) in [6, 6.07) is 6.37. The third-order valence-electron chi connectivity index (χ3n) is 2.61. The van der Waals surface area contributed by atoms with Crippen LogP contribution in [0.5, 0.6) is 0 Å². The molecule has 0 aromatic heterocycles. The number of rotatable bonds is 8. The molecular formula is C14H16N2O6. The fourth-order valence-corrected chi connectivity index (χ4v) is 1.57. The second-order valence-corrected chi connectivity index (χ2v) is 4.43. The largest absolute Gasteiger partial charge is 0.481 e. The lowest BCUT2D eigenvalue weighted by atomic mass is 10.2. The standard InChI is InChI=1S/C14H16N2O6/c17-11(5-7-13(19)20)15-9-3-1-2-4-10(9)16-12(18)6-8-14(21)22/h1-4H,5-8H2,(H,15,17)(H,16,18)(H,19,20)(H,21,22). The van der Waals surface area contributed by atoms with Crippen molar-refractivity contribution in [2.45, 2.75) is 25.7 Å². The molecule has 0 aliphatic heterocycles. The summed E-state index contributed by atoms with van der Waals surface area (Å²) >= 11 is 0. The summed E-state index contributed by atoms with van der Waals surface area (Å²) in [7, 11) is 0. The Kier molecular flexibility index (Phi) is 6.55. The molecular weight excluding hydrogens is 292 g/mol. The van der Waals surface area contributed by atoms with Crippen molar-refractivity contribution in [2.75, 3.05) is 10.6 Å². The monoisotopic (exact) mass is 308 g/mol. The second-order valence-electron chi connectivity index (χ2n) is 4.43. The van der Waals surface area contributed by atoms with Gasteiger partial charge < -0.3 is 20.8 Å². The zero-order valence-corrected chi connectivity index (χ0v) is 11.7. The fraction of sp³-hybridized carbons (Fsp3) is 0.286. The van der Waals surface area contributed by atoms with Gasteiger partial charge in [0, 0.05) is 12.8 Å². The molecule has 0 bridgehead atoms. The van der Waals surface area contributed by atoms with Crippen LogP contribution in [0.2, 0.25) is 0 Å². The number of carboxylic acids is 2. The Morgan fingerprint density at radius 3 is 1.41 bits per heavy atom. The predicted molar refractivity (Wildman–Crippen MR) is 77.4 cm³/mol. The molecule has 0 fully saturated rings. The van der Waals surface area contributed by atoms with E-state index in [1.54, 1.807) is 24.3 Å². The minimum absolute atomic E-state index is 0.184. The molecule has 8 nitrogen and oxygen atoms in total. The van der Waals surface area contributed by atoms with E-state index in [2.05, 4.69) is 10.6 Å². The number of nitrogens with one attached hydrogen (secondary N) is 2. The van der Waals surface area contributed by atoms with Gasteiger partial charge in [-0.05, 0) is 12.1 Å². The van der Waals surface area contributed by atoms with Crippen LogP contribution in [0.1, 0.15) is 25.7 Å². The molecule has 22 heavy (non-hydrogen) atoms. The Bertz CT molecular complexity index is 533. The van der Waals surface area contributed by atoms with Gasteiger partial charge in [-0.1, -0.05) is 12.1 Å². The van der Waals surface area contributed by atoms with E-state index in [9.17, 15) is 19.2 Å². The van der Waals surface area contributed by atoms with E-state index >= 15 is 0 Å². The highest BCUT2D eigenvalue weighted by Crippen LogP contribution is 2.21. The molecule has 0 unspecified atom stereocenters. The maximum absolute atomic E-state index is 11.6. The van der Waals surface area contributed by atoms with Crippen molar-refractivity contribution in [1.29, 1.82) is 0 Å². The smallest absolute Gasteiger partial charge is 0.303 e. The van der Waals surface area contributed by atoms with Crippen LogP contribution in [0.4, 0.5) is 11.4 Å². The molecule has 0 aliphatic rings. The van der Waals surface area contributed by atoms with Gasteiger partial charge in [0.05, 0.1) is 24.2 Å². The Labute approximate surface area is 126 Å². The molecule has 1 aromatic rings. The zero-order chi connectivity index (χ0) is 16.5. The van der Waals surface area contributed by atoms with E-state index in [1.807, 2.05) is 0 Å². The Hall–Kier alpha value is -2.90. The van der Waals surface area contributed by atoms with Crippen LogP contribution >= 0.6 is 0 Å². The maximum Gasteiger partial charge on any atom is 0.303 e. The van der Waals surface area contributed by atoms with Gasteiger partial charge in [0.25, 0.3) is 0 Å². The first kappa shape index (κ1) is 17.2. The van der Waals surface area contributed by atoms with Gasteiger partial charge in [-0.15, -0.1) is 0 Å². The predicted octanol–water partition coefficient (Wildman–Crippen LogP) is 1.29. The first-order valence-electron chi connectivity index (χ1n) is 6.51. The molecule has 0 saturated carbocycles. The maximum atomic E-state index is 11.6. The lowest BCUT2D eigenvalue weighted by Crippen LogP contribution is -2.17. The van der Waals surface area contributed by atoms with Crippen LogP contribution in [0, 0.1) is 0 Å². The lowest BCUT2D eigenvalue weighted by Gasteiger charge is -2.11.